The Morgan fingerprint density at radius 1 is 0.921 bits per heavy atom. The molecule has 0 N–H and O–H groups in total. The number of fused-ring (bicyclic) bond motifs is 1. The monoisotopic (exact) mass is 540 g/mol. The fourth-order valence-electron chi connectivity index (χ4n) is 6.06. The van der Waals surface area contributed by atoms with E-state index in [1.54, 1.807) is 30.2 Å². The van der Waals surface area contributed by atoms with Crippen LogP contribution in [0.15, 0.2) is 47.4 Å². The molecule has 3 aliphatic heterocycles. The predicted molar refractivity (Wildman–Crippen MR) is 146 cm³/mol. The van der Waals surface area contributed by atoms with Crippen LogP contribution >= 0.6 is 0 Å². The first-order chi connectivity index (χ1) is 18.2. The Balaban J connectivity index is 1.18. The maximum atomic E-state index is 13.4. The number of rotatable bonds is 5. The van der Waals surface area contributed by atoms with E-state index in [2.05, 4.69) is 4.90 Å². The van der Waals surface area contributed by atoms with Crippen LogP contribution in [-0.2, 0) is 26.0 Å². The Morgan fingerprint density at radius 2 is 1.61 bits per heavy atom. The first-order valence-electron chi connectivity index (χ1n) is 13.3. The van der Waals surface area contributed by atoms with Crippen LogP contribution in [0.5, 0.6) is 5.75 Å². The molecule has 0 unspecified atom stereocenters. The number of piperidine rings is 1. The van der Waals surface area contributed by atoms with E-state index in [9.17, 15) is 18.0 Å². The number of ether oxygens (including phenoxy) is 1. The SMILES string of the molecule is COc1ccccc1N1CCN(C(=O)C2CCN(S(=O)(=O)c3ccc4c(c3)C[C@@H](C)N4C(C)=O)CC2)CC1. The molecule has 2 saturated heterocycles. The molecule has 1 atom stereocenters. The molecule has 0 saturated carbocycles. The quantitative estimate of drug-likeness (QED) is 0.580. The first kappa shape index (κ1) is 26.5. The average molecular weight is 541 g/mol. The van der Waals surface area contributed by atoms with Crippen LogP contribution < -0.4 is 14.5 Å². The second-order valence-electron chi connectivity index (χ2n) is 10.4. The summed E-state index contributed by atoms with van der Waals surface area (Å²) in [5, 5.41) is 0. The number of anilines is 2. The molecule has 38 heavy (non-hydrogen) atoms. The number of piperazine rings is 1. The Hall–Kier alpha value is -3.11. The molecule has 0 radical (unpaired) electrons. The van der Waals surface area contributed by atoms with Crippen molar-refractivity contribution in [2.75, 3.05) is 56.2 Å². The summed E-state index contributed by atoms with van der Waals surface area (Å²) < 4.78 is 33.8. The Bertz CT molecular complexity index is 1310. The van der Waals surface area contributed by atoms with E-state index >= 15 is 0 Å². The zero-order chi connectivity index (χ0) is 27.0. The molecule has 0 aromatic heterocycles. The van der Waals surface area contributed by atoms with E-state index in [0.717, 1.165) is 35.8 Å². The van der Waals surface area contributed by atoms with Crippen LogP contribution in [0.2, 0.25) is 0 Å². The molecule has 204 valence electrons. The molecule has 10 heteroatoms. The van der Waals surface area contributed by atoms with Gasteiger partial charge in [0.05, 0.1) is 17.7 Å². The van der Waals surface area contributed by atoms with Gasteiger partial charge >= 0.3 is 0 Å². The summed E-state index contributed by atoms with van der Waals surface area (Å²) in [5.41, 5.74) is 2.71. The third kappa shape index (κ3) is 4.87. The Kier molecular flexibility index (Phi) is 7.37. The molecule has 3 aliphatic rings. The summed E-state index contributed by atoms with van der Waals surface area (Å²) in [6.45, 7) is 6.90. The number of amides is 2. The molecular formula is C28H36N4O5S. The summed E-state index contributed by atoms with van der Waals surface area (Å²) in [7, 11) is -2.01. The van der Waals surface area contributed by atoms with Gasteiger partial charge in [-0.1, -0.05) is 12.1 Å². The third-order valence-corrected chi connectivity index (χ3v) is 9.96. The standard InChI is InChI=1S/C28H36N4O5S/c1-20-18-23-19-24(8-9-25(23)32(20)21(2)33)38(35,36)31-12-10-22(11-13-31)28(34)30-16-14-29(15-17-30)26-6-4-5-7-27(26)37-3/h4-9,19-20,22H,10-18H2,1-3H3/t20-/m1/s1. The highest BCUT2D eigenvalue weighted by atomic mass is 32.2. The highest BCUT2D eigenvalue weighted by molar-refractivity contribution is 7.89. The van der Waals surface area contributed by atoms with Crippen LogP contribution in [0.3, 0.4) is 0 Å². The van der Waals surface area contributed by atoms with Gasteiger partial charge in [0.25, 0.3) is 0 Å². The molecule has 0 bridgehead atoms. The van der Waals surface area contributed by atoms with Crippen molar-refractivity contribution >= 4 is 33.2 Å². The fraction of sp³-hybridized carbons (Fsp3) is 0.500. The van der Waals surface area contributed by atoms with Crippen molar-refractivity contribution in [3.8, 4) is 5.75 Å². The number of sulfonamides is 1. The van der Waals surface area contributed by atoms with E-state index in [4.69, 9.17) is 4.74 Å². The molecule has 2 fully saturated rings. The van der Waals surface area contributed by atoms with Gasteiger partial charge in [-0.3, -0.25) is 9.59 Å². The van der Waals surface area contributed by atoms with Crippen LogP contribution in [0.4, 0.5) is 11.4 Å². The number of methoxy groups -OCH3 is 1. The number of nitrogens with zero attached hydrogens (tertiary/aromatic N) is 4. The highest BCUT2D eigenvalue weighted by Gasteiger charge is 2.36. The smallest absolute Gasteiger partial charge is 0.243 e. The van der Waals surface area contributed by atoms with Crippen LogP contribution in [0, 0.1) is 5.92 Å². The van der Waals surface area contributed by atoms with Gasteiger partial charge in [-0.15, -0.1) is 0 Å². The lowest BCUT2D eigenvalue weighted by atomic mass is 9.96. The number of carbonyl (C=O) groups is 2. The van der Waals surface area contributed by atoms with Gasteiger partial charge in [-0.2, -0.15) is 4.31 Å². The average Bonchev–Trinajstić information content (AvgIpc) is 3.28. The molecule has 2 aromatic carbocycles. The summed E-state index contributed by atoms with van der Waals surface area (Å²) >= 11 is 0. The van der Waals surface area contributed by atoms with Gasteiger partial charge in [-0.25, -0.2) is 8.42 Å². The maximum Gasteiger partial charge on any atom is 0.243 e. The zero-order valence-corrected chi connectivity index (χ0v) is 23.1. The number of hydrogen-bond donors (Lipinski definition) is 0. The fourth-order valence-corrected chi connectivity index (χ4v) is 7.58. The van der Waals surface area contributed by atoms with Gasteiger partial charge in [0.2, 0.25) is 21.8 Å². The normalized spacial score (nSPS) is 20.9. The summed E-state index contributed by atoms with van der Waals surface area (Å²) in [6, 6.07) is 13.0. The Morgan fingerprint density at radius 3 is 2.26 bits per heavy atom. The highest BCUT2D eigenvalue weighted by Crippen LogP contribution is 2.35. The van der Waals surface area contributed by atoms with E-state index in [0.29, 0.717) is 45.4 Å². The minimum Gasteiger partial charge on any atom is -0.495 e. The lowest BCUT2D eigenvalue weighted by Gasteiger charge is -2.39. The van der Waals surface area contributed by atoms with Crippen molar-refractivity contribution < 1.29 is 22.7 Å². The van der Waals surface area contributed by atoms with Gasteiger partial charge in [0, 0.05) is 63.8 Å². The topological polar surface area (TPSA) is 90.5 Å². The number of para-hydroxylation sites is 2. The number of hydrogen-bond acceptors (Lipinski definition) is 6. The third-order valence-electron chi connectivity index (χ3n) is 8.06. The van der Waals surface area contributed by atoms with Crippen LogP contribution in [-0.4, -0.2) is 81.9 Å². The molecule has 9 nitrogen and oxygen atoms in total. The van der Waals surface area contributed by atoms with Gasteiger partial charge < -0.3 is 19.4 Å². The molecule has 2 amide bonds. The minimum absolute atomic E-state index is 0.0128. The van der Waals surface area contributed by atoms with Crippen LogP contribution in [0.1, 0.15) is 32.3 Å². The van der Waals surface area contributed by atoms with Gasteiger partial charge in [-0.05, 0) is 62.1 Å². The second kappa shape index (κ2) is 10.6. The molecule has 0 aliphatic carbocycles. The largest absolute Gasteiger partial charge is 0.495 e. The molecule has 3 heterocycles. The van der Waals surface area contributed by atoms with Gasteiger partial charge in [0.1, 0.15) is 5.75 Å². The Labute approximate surface area is 225 Å². The number of benzene rings is 2. The van der Waals surface area contributed by atoms with Crippen molar-refractivity contribution in [3.05, 3.63) is 48.0 Å². The summed E-state index contributed by atoms with van der Waals surface area (Å²) in [6.07, 6.45) is 1.68. The predicted octanol–water partition coefficient (Wildman–Crippen LogP) is 2.74. The van der Waals surface area contributed by atoms with Crippen molar-refractivity contribution in [3.63, 3.8) is 0 Å². The molecular weight excluding hydrogens is 504 g/mol. The summed E-state index contributed by atoms with van der Waals surface area (Å²) in [5.74, 6) is 0.747. The lowest BCUT2D eigenvalue weighted by molar-refractivity contribution is -0.137. The zero-order valence-electron chi connectivity index (χ0n) is 22.3. The van der Waals surface area contributed by atoms with Crippen molar-refractivity contribution in [1.29, 1.82) is 0 Å². The molecule has 0 spiro atoms. The molecule has 5 rings (SSSR count). The lowest BCUT2D eigenvalue weighted by Crippen LogP contribution is -2.52. The first-order valence-corrected chi connectivity index (χ1v) is 14.7. The van der Waals surface area contributed by atoms with Crippen molar-refractivity contribution in [2.24, 2.45) is 5.92 Å². The van der Waals surface area contributed by atoms with E-state index in [1.165, 1.54) is 11.2 Å². The van der Waals surface area contributed by atoms with Crippen molar-refractivity contribution in [2.45, 2.75) is 44.0 Å². The molecule has 2 aromatic rings. The van der Waals surface area contributed by atoms with E-state index in [1.807, 2.05) is 36.1 Å². The van der Waals surface area contributed by atoms with Gasteiger partial charge in [0.15, 0.2) is 0 Å². The maximum absolute atomic E-state index is 13.4. The summed E-state index contributed by atoms with van der Waals surface area (Å²) in [4.78, 5) is 31.4. The van der Waals surface area contributed by atoms with Crippen LogP contribution in [0.25, 0.3) is 0 Å². The van der Waals surface area contributed by atoms with Crippen molar-refractivity contribution in [1.82, 2.24) is 9.21 Å². The number of carbonyl (C=O) groups excluding carboxylic acids is 2. The minimum atomic E-state index is -3.67. The van der Waals surface area contributed by atoms with E-state index < -0.39 is 10.0 Å². The second-order valence-corrected chi connectivity index (χ2v) is 12.3. The van der Waals surface area contributed by atoms with E-state index in [-0.39, 0.29) is 28.7 Å².